The SMILES string of the molecule is Cc1cc(-c2cc(NS(C)(=O)=O)cnc2OCC2CC2)n2cc[nH]c(=O)c12. The molecule has 0 spiro atoms. The van der Waals surface area contributed by atoms with Gasteiger partial charge in [0.1, 0.15) is 5.52 Å². The number of fused-ring (bicyclic) bond motifs is 1. The fourth-order valence-electron chi connectivity index (χ4n) is 3.06. The number of nitrogens with zero attached hydrogens (tertiary/aromatic N) is 2. The predicted octanol–water partition coefficient (Wildman–Crippen LogP) is 2.16. The van der Waals surface area contributed by atoms with Crippen LogP contribution in [0.2, 0.25) is 0 Å². The number of nitrogens with one attached hydrogen (secondary N) is 2. The minimum Gasteiger partial charge on any atom is -0.477 e. The molecule has 9 heteroatoms. The third-order valence-electron chi connectivity index (χ3n) is 4.46. The second-order valence-electron chi connectivity index (χ2n) is 6.93. The van der Waals surface area contributed by atoms with Crippen molar-refractivity contribution in [2.45, 2.75) is 19.8 Å². The quantitative estimate of drug-likeness (QED) is 0.673. The number of sulfonamides is 1. The van der Waals surface area contributed by atoms with Crippen LogP contribution in [0, 0.1) is 12.8 Å². The van der Waals surface area contributed by atoms with Crippen molar-refractivity contribution in [2.75, 3.05) is 17.6 Å². The lowest BCUT2D eigenvalue weighted by Crippen LogP contribution is -2.11. The molecular weight excluding hydrogens is 368 g/mol. The molecule has 3 heterocycles. The Morgan fingerprint density at radius 2 is 2.15 bits per heavy atom. The fourth-order valence-corrected chi connectivity index (χ4v) is 3.60. The molecule has 0 aromatic carbocycles. The number of H-pyrrole nitrogens is 1. The van der Waals surface area contributed by atoms with Crippen molar-refractivity contribution in [1.29, 1.82) is 0 Å². The Morgan fingerprint density at radius 1 is 1.37 bits per heavy atom. The molecule has 3 aromatic rings. The van der Waals surface area contributed by atoms with Crippen molar-refractivity contribution in [3.05, 3.63) is 46.6 Å². The number of hydrogen-bond donors (Lipinski definition) is 2. The molecule has 4 rings (SSSR count). The van der Waals surface area contributed by atoms with Gasteiger partial charge in [-0.3, -0.25) is 9.52 Å². The molecule has 0 radical (unpaired) electrons. The first-order valence-electron chi connectivity index (χ1n) is 8.62. The summed E-state index contributed by atoms with van der Waals surface area (Å²) < 4.78 is 33.3. The van der Waals surface area contributed by atoms with Crippen molar-refractivity contribution >= 4 is 21.2 Å². The summed E-state index contributed by atoms with van der Waals surface area (Å²) in [5, 5.41) is 0. The normalized spacial score (nSPS) is 14.4. The van der Waals surface area contributed by atoms with E-state index in [-0.39, 0.29) is 5.56 Å². The zero-order valence-electron chi connectivity index (χ0n) is 15.0. The van der Waals surface area contributed by atoms with Crippen LogP contribution in [-0.4, -0.2) is 35.6 Å². The standard InChI is InChI=1S/C18H20N4O4S/c1-11-7-15(22-6-5-19-17(23)16(11)22)14-8-13(21-27(2,24)25)9-20-18(14)26-10-12-3-4-12/h5-9,12,21H,3-4,10H2,1-2H3,(H,19,23). The highest BCUT2D eigenvalue weighted by molar-refractivity contribution is 7.92. The molecule has 3 aromatic heterocycles. The van der Waals surface area contributed by atoms with Crippen LogP contribution >= 0.6 is 0 Å². The van der Waals surface area contributed by atoms with Crippen molar-refractivity contribution in [3.8, 4) is 17.1 Å². The highest BCUT2D eigenvalue weighted by Gasteiger charge is 2.24. The molecule has 0 atom stereocenters. The number of rotatable bonds is 6. The lowest BCUT2D eigenvalue weighted by Gasteiger charge is -2.13. The first-order chi connectivity index (χ1) is 12.8. The van der Waals surface area contributed by atoms with Crippen LogP contribution in [0.5, 0.6) is 5.88 Å². The van der Waals surface area contributed by atoms with Gasteiger partial charge in [-0.05, 0) is 43.4 Å². The van der Waals surface area contributed by atoms with Crippen LogP contribution in [0.25, 0.3) is 16.8 Å². The molecule has 1 aliphatic rings. The van der Waals surface area contributed by atoms with Crippen LogP contribution in [0.4, 0.5) is 5.69 Å². The van der Waals surface area contributed by atoms with Gasteiger partial charge >= 0.3 is 0 Å². The molecule has 0 saturated heterocycles. The van der Waals surface area contributed by atoms with E-state index in [4.69, 9.17) is 4.74 Å². The van der Waals surface area contributed by atoms with Crippen LogP contribution < -0.4 is 15.0 Å². The zero-order chi connectivity index (χ0) is 19.2. The summed E-state index contributed by atoms with van der Waals surface area (Å²) in [6.45, 7) is 2.42. The van der Waals surface area contributed by atoms with Gasteiger partial charge in [0.05, 0.1) is 36.0 Å². The number of hydrogen-bond acceptors (Lipinski definition) is 5. The van der Waals surface area contributed by atoms with Crippen LogP contribution in [-0.2, 0) is 10.0 Å². The fraction of sp³-hybridized carbons (Fsp3) is 0.333. The minimum absolute atomic E-state index is 0.194. The van der Waals surface area contributed by atoms with Gasteiger partial charge < -0.3 is 14.1 Å². The number of pyridine rings is 1. The molecule has 0 amide bonds. The van der Waals surface area contributed by atoms with Crippen molar-refractivity contribution in [2.24, 2.45) is 5.92 Å². The molecule has 0 bridgehead atoms. The van der Waals surface area contributed by atoms with Crippen molar-refractivity contribution < 1.29 is 13.2 Å². The number of anilines is 1. The third-order valence-corrected chi connectivity index (χ3v) is 5.07. The van der Waals surface area contributed by atoms with Crippen LogP contribution in [0.3, 0.4) is 0 Å². The third kappa shape index (κ3) is 3.68. The Hall–Kier alpha value is -2.81. The van der Waals surface area contributed by atoms with Crippen molar-refractivity contribution in [3.63, 3.8) is 0 Å². The first kappa shape index (κ1) is 17.6. The molecule has 0 aliphatic heterocycles. The Morgan fingerprint density at radius 3 is 2.85 bits per heavy atom. The molecule has 1 saturated carbocycles. The number of aryl methyl sites for hydroxylation is 1. The van der Waals surface area contributed by atoms with E-state index in [9.17, 15) is 13.2 Å². The Balaban J connectivity index is 1.87. The van der Waals surface area contributed by atoms with E-state index >= 15 is 0 Å². The van der Waals surface area contributed by atoms with Gasteiger partial charge in [-0.15, -0.1) is 0 Å². The topological polar surface area (TPSA) is 106 Å². The molecule has 27 heavy (non-hydrogen) atoms. The number of aromatic amines is 1. The van der Waals surface area contributed by atoms with Gasteiger partial charge in [0.2, 0.25) is 15.9 Å². The molecular formula is C18H20N4O4S. The average Bonchev–Trinajstić information content (AvgIpc) is 3.35. The Kier molecular flexibility index (Phi) is 4.18. The van der Waals surface area contributed by atoms with E-state index in [2.05, 4.69) is 14.7 Å². The molecule has 1 fully saturated rings. The summed E-state index contributed by atoms with van der Waals surface area (Å²) in [5.41, 5.74) is 2.81. The molecule has 2 N–H and O–H groups in total. The van der Waals surface area contributed by atoms with Gasteiger partial charge in [0.25, 0.3) is 5.56 Å². The van der Waals surface area contributed by atoms with Gasteiger partial charge in [0.15, 0.2) is 0 Å². The first-order valence-corrected chi connectivity index (χ1v) is 10.5. The molecule has 142 valence electrons. The van der Waals surface area contributed by atoms with Gasteiger partial charge in [0, 0.05) is 12.4 Å². The summed E-state index contributed by atoms with van der Waals surface area (Å²) in [4.78, 5) is 19.2. The van der Waals surface area contributed by atoms with E-state index in [1.165, 1.54) is 6.20 Å². The van der Waals surface area contributed by atoms with Gasteiger partial charge in [-0.2, -0.15) is 0 Å². The van der Waals surface area contributed by atoms with Gasteiger partial charge in [-0.1, -0.05) is 0 Å². The summed E-state index contributed by atoms with van der Waals surface area (Å²) >= 11 is 0. The zero-order valence-corrected chi connectivity index (χ0v) is 15.8. The minimum atomic E-state index is -3.44. The number of aromatic nitrogens is 3. The van der Waals surface area contributed by atoms with E-state index < -0.39 is 10.0 Å². The second kappa shape index (κ2) is 6.41. The largest absolute Gasteiger partial charge is 0.477 e. The molecule has 1 aliphatic carbocycles. The van der Waals surface area contributed by atoms with Crippen LogP contribution in [0.15, 0.2) is 35.5 Å². The van der Waals surface area contributed by atoms with E-state index in [0.717, 1.165) is 24.7 Å². The summed E-state index contributed by atoms with van der Waals surface area (Å²) in [6, 6.07) is 3.55. The Bertz CT molecular complexity index is 1180. The predicted molar refractivity (Wildman–Crippen MR) is 103 cm³/mol. The summed E-state index contributed by atoms with van der Waals surface area (Å²) in [6.07, 6.45) is 8.12. The maximum Gasteiger partial charge on any atom is 0.272 e. The smallest absolute Gasteiger partial charge is 0.272 e. The lowest BCUT2D eigenvalue weighted by atomic mass is 10.1. The van der Waals surface area contributed by atoms with Crippen molar-refractivity contribution in [1.82, 2.24) is 14.4 Å². The van der Waals surface area contributed by atoms with E-state index in [1.54, 1.807) is 22.9 Å². The highest BCUT2D eigenvalue weighted by atomic mass is 32.2. The van der Waals surface area contributed by atoms with Crippen LogP contribution in [0.1, 0.15) is 18.4 Å². The monoisotopic (exact) mass is 388 g/mol. The second-order valence-corrected chi connectivity index (χ2v) is 8.67. The maximum absolute atomic E-state index is 12.2. The highest BCUT2D eigenvalue weighted by Crippen LogP contribution is 2.35. The van der Waals surface area contributed by atoms with Gasteiger partial charge in [-0.25, -0.2) is 13.4 Å². The molecule has 0 unspecified atom stereocenters. The number of ether oxygens (including phenoxy) is 1. The summed E-state index contributed by atoms with van der Waals surface area (Å²) in [7, 11) is -3.44. The average molecular weight is 388 g/mol. The Labute approximate surface area is 156 Å². The maximum atomic E-state index is 12.2. The molecule has 8 nitrogen and oxygen atoms in total. The van der Waals surface area contributed by atoms with E-state index in [1.807, 2.05) is 13.0 Å². The summed E-state index contributed by atoms with van der Waals surface area (Å²) in [5.74, 6) is 0.961. The lowest BCUT2D eigenvalue weighted by molar-refractivity contribution is 0.290. The van der Waals surface area contributed by atoms with E-state index in [0.29, 0.717) is 40.9 Å².